The quantitative estimate of drug-likeness (QED) is 0.422. The van der Waals surface area contributed by atoms with Crippen molar-refractivity contribution < 1.29 is 45.3 Å². The molecule has 0 aliphatic carbocycles. The molecule has 0 rings (SSSR count). The molecule has 1 atom stereocenters. The van der Waals surface area contributed by atoms with Gasteiger partial charge in [-0.15, -0.1) is 0 Å². The molecule has 0 aliphatic rings. The van der Waals surface area contributed by atoms with Crippen molar-refractivity contribution >= 4 is 17.8 Å². The van der Waals surface area contributed by atoms with Crippen molar-refractivity contribution in [2.24, 2.45) is 0 Å². The second-order valence-corrected chi connectivity index (χ2v) is 1.91. The van der Waals surface area contributed by atoms with Crippen LogP contribution in [0, 0.1) is 14.9 Å². The first-order valence-electron chi connectivity index (χ1n) is 3.01. The fourth-order valence-corrected chi connectivity index (χ4v) is 0.502. The number of hydrogen-bond donors (Lipinski definition) is 1. The van der Waals surface area contributed by atoms with E-state index >= 15 is 0 Å². The van der Waals surface area contributed by atoms with Crippen LogP contribution in [0.1, 0.15) is 6.92 Å². The van der Waals surface area contributed by atoms with E-state index in [0.29, 0.717) is 0 Å². The van der Waals surface area contributed by atoms with E-state index in [1.54, 1.807) is 0 Å². The number of aliphatic carboxylic acids is 1. The first-order chi connectivity index (χ1) is 5.49. The Balaban J connectivity index is -0.000000202. The average molecular weight is 399 g/mol. The standard InChI is InChI=1S/C6H9NO5.2CH3.Pt/c1-3(8)7-4(5(9)10)6(11)12-2;;;/h4H,1-2H3,(H2,7,8,9,10);2*1H3;/q;2*-1;/p-1. The summed E-state index contributed by atoms with van der Waals surface area (Å²) < 4.78 is 4.11. The van der Waals surface area contributed by atoms with Crippen molar-refractivity contribution in [3.05, 3.63) is 20.2 Å². The Kier molecular flexibility index (Phi) is 17.7. The van der Waals surface area contributed by atoms with Gasteiger partial charge in [0.15, 0.2) is 0 Å². The number of carbonyl (C=O) groups excluding carboxylic acids is 2. The minimum atomic E-state index is -1.74. The zero-order valence-electron chi connectivity index (χ0n) is 8.92. The molecule has 0 aromatic heterocycles. The molecule has 1 N–H and O–H groups in total. The van der Waals surface area contributed by atoms with Crippen LogP contribution in [0.3, 0.4) is 0 Å². The number of methoxy groups -OCH3 is 1. The van der Waals surface area contributed by atoms with Crippen LogP contribution in [0.25, 0.3) is 5.32 Å². The van der Waals surface area contributed by atoms with Gasteiger partial charge in [0.1, 0.15) is 0 Å². The molecule has 0 aliphatic heterocycles. The first-order valence-corrected chi connectivity index (χ1v) is 3.01. The van der Waals surface area contributed by atoms with E-state index in [2.05, 4.69) is 10.1 Å². The molecule has 0 saturated heterocycles. The van der Waals surface area contributed by atoms with Gasteiger partial charge in [-0.1, -0.05) is 0 Å². The van der Waals surface area contributed by atoms with E-state index in [1.807, 2.05) is 0 Å². The molecule has 0 radical (unpaired) electrons. The van der Waals surface area contributed by atoms with Crippen LogP contribution >= 0.6 is 0 Å². The number of esters is 1. The minimum absolute atomic E-state index is 0. The van der Waals surface area contributed by atoms with Crippen LogP contribution < -0.4 is 0 Å². The summed E-state index contributed by atoms with van der Waals surface area (Å²) in [6.45, 7) is 1.05. The van der Waals surface area contributed by atoms with Crippen molar-refractivity contribution in [3.8, 4) is 0 Å². The number of ether oxygens (including phenoxy) is 1. The van der Waals surface area contributed by atoms with Crippen molar-refractivity contribution in [2.45, 2.75) is 13.0 Å². The van der Waals surface area contributed by atoms with Gasteiger partial charge in [0.25, 0.3) is 5.97 Å². The number of carboxylic acid groups (broad SMARTS) is 1. The fourth-order valence-electron chi connectivity index (χ4n) is 0.502. The number of carbonyl (C=O) groups is 3. The number of carboxylic acids is 1. The van der Waals surface area contributed by atoms with Gasteiger partial charge in [0.2, 0.25) is 0 Å². The van der Waals surface area contributed by atoms with E-state index in [-0.39, 0.29) is 35.9 Å². The van der Waals surface area contributed by atoms with E-state index in [0.717, 1.165) is 14.0 Å². The predicted molar refractivity (Wildman–Crippen MR) is 50.3 cm³/mol. The third kappa shape index (κ3) is 9.40. The van der Waals surface area contributed by atoms with Crippen LogP contribution in [-0.4, -0.2) is 36.1 Å². The monoisotopic (exact) mass is 399 g/mol. The topological polar surface area (TPSA) is 94.8 Å². The maximum Gasteiger partial charge on any atom is 0.302 e. The Morgan fingerprint density at radius 3 is 1.87 bits per heavy atom. The molecule has 0 bridgehead atoms. The minimum Gasteiger partial charge on any atom is -0.633 e. The van der Waals surface area contributed by atoms with E-state index in [1.165, 1.54) is 0 Å². The van der Waals surface area contributed by atoms with Crippen molar-refractivity contribution in [1.29, 1.82) is 0 Å². The van der Waals surface area contributed by atoms with Crippen molar-refractivity contribution in [2.75, 3.05) is 7.11 Å². The summed E-state index contributed by atoms with van der Waals surface area (Å²) in [5.41, 5.74) is 0. The summed E-state index contributed by atoms with van der Waals surface area (Å²) in [5, 5.41) is 11.4. The summed E-state index contributed by atoms with van der Waals surface area (Å²) in [4.78, 5) is 31.3. The second kappa shape index (κ2) is 11.2. The number of rotatable bonds is 3. The maximum atomic E-state index is 10.6. The summed E-state index contributed by atoms with van der Waals surface area (Å²) in [7, 11) is 1.02. The molecule has 0 fully saturated rings. The Bertz CT molecular complexity index is 219. The van der Waals surface area contributed by atoms with E-state index < -0.39 is 23.9 Å². The van der Waals surface area contributed by atoms with Gasteiger partial charge in [0, 0.05) is 27.0 Å². The van der Waals surface area contributed by atoms with Crippen molar-refractivity contribution in [3.63, 3.8) is 0 Å². The Hall–Kier alpha value is -0.902. The van der Waals surface area contributed by atoms with Gasteiger partial charge >= 0.3 is 5.97 Å². The van der Waals surface area contributed by atoms with Crippen LogP contribution in [0.5, 0.6) is 0 Å². The molecule has 6 nitrogen and oxygen atoms in total. The molecule has 1 unspecified atom stereocenters. The summed E-state index contributed by atoms with van der Waals surface area (Å²) in [6.07, 6.45) is 0. The van der Waals surface area contributed by atoms with Crippen LogP contribution in [0.2, 0.25) is 0 Å². The fraction of sp³-hybridized carbons (Fsp3) is 0.375. The molecule has 0 saturated carbocycles. The smallest absolute Gasteiger partial charge is 0.302 e. The molecular formula is C8H14NO5Pt-3. The zero-order valence-corrected chi connectivity index (χ0v) is 11.2. The largest absolute Gasteiger partial charge is 0.633 e. The van der Waals surface area contributed by atoms with Gasteiger partial charge in [-0.3, -0.25) is 9.59 Å². The van der Waals surface area contributed by atoms with Gasteiger partial charge in [-0.25, -0.2) is 0 Å². The molecule has 0 aromatic carbocycles. The van der Waals surface area contributed by atoms with E-state index in [9.17, 15) is 14.4 Å². The Labute approximate surface area is 104 Å². The molecular weight excluding hydrogens is 385 g/mol. The average Bonchev–Trinajstić information content (AvgIpc) is 1.98. The molecule has 0 heterocycles. The van der Waals surface area contributed by atoms with Crippen molar-refractivity contribution in [1.82, 2.24) is 0 Å². The first kappa shape index (κ1) is 23.7. The normalized spacial score (nSPS) is 9.20. The number of amides is 1. The Morgan fingerprint density at radius 1 is 1.27 bits per heavy atom. The number of nitrogens with zero attached hydrogens (tertiary/aromatic N) is 1. The molecule has 15 heavy (non-hydrogen) atoms. The van der Waals surface area contributed by atoms with Crippen LogP contribution in [0.4, 0.5) is 0 Å². The summed E-state index contributed by atoms with van der Waals surface area (Å²) in [5.74, 6) is -3.29. The Morgan fingerprint density at radius 2 is 1.67 bits per heavy atom. The van der Waals surface area contributed by atoms with Gasteiger partial charge in [0.05, 0.1) is 13.2 Å². The number of hydrogen-bond acceptors (Lipinski definition) is 4. The van der Waals surface area contributed by atoms with Gasteiger partial charge in [-0.2, -0.15) is 0 Å². The molecule has 94 valence electrons. The molecule has 0 aromatic rings. The van der Waals surface area contributed by atoms with E-state index in [4.69, 9.17) is 5.11 Å². The third-order valence-corrected chi connectivity index (χ3v) is 0.969. The SMILES string of the molecule is COC(=O)C([N-]C(C)=O)C(=O)O.[CH3-].[CH3-].[Pt]. The summed E-state index contributed by atoms with van der Waals surface area (Å²) in [6, 6.07) is -1.74. The molecule has 0 spiro atoms. The van der Waals surface area contributed by atoms with Crippen LogP contribution in [0.15, 0.2) is 0 Å². The second-order valence-electron chi connectivity index (χ2n) is 1.91. The van der Waals surface area contributed by atoms with Gasteiger partial charge < -0.3 is 34.8 Å². The summed E-state index contributed by atoms with van der Waals surface area (Å²) >= 11 is 0. The predicted octanol–water partition coefficient (Wildman–Crippen LogP) is 0.431. The maximum absolute atomic E-state index is 10.6. The van der Waals surface area contributed by atoms with Gasteiger partial charge in [-0.05, 0) is 6.92 Å². The van der Waals surface area contributed by atoms with Crippen LogP contribution in [-0.2, 0) is 40.2 Å². The molecule has 7 heteroatoms. The third-order valence-electron chi connectivity index (χ3n) is 0.969. The molecule has 1 amide bonds. The zero-order chi connectivity index (χ0) is 9.72.